The van der Waals surface area contributed by atoms with E-state index in [1.165, 1.54) is 43.3 Å². The quantitative estimate of drug-likeness (QED) is 0.0975. The zero-order chi connectivity index (χ0) is 55.3. The van der Waals surface area contributed by atoms with Crippen molar-refractivity contribution in [1.82, 2.24) is 9.97 Å². The van der Waals surface area contributed by atoms with Gasteiger partial charge >= 0.3 is 22.7 Å². The number of fused-ring (bicyclic) bond motifs is 4. The monoisotopic (exact) mass is 1110 g/mol. The molecule has 13 nitrogen and oxygen atoms in total. The fraction of sp³-hybridized carbons (Fsp3) is 0.179. The Morgan fingerprint density at radius 2 is 1.16 bits per heavy atom. The van der Waals surface area contributed by atoms with Crippen molar-refractivity contribution >= 4 is 81.8 Å². The lowest BCUT2D eigenvalue weighted by atomic mass is 9.83. The Morgan fingerprint density at radius 3 is 1.66 bits per heavy atom. The van der Waals surface area contributed by atoms with Crippen LogP contribution >= 0.6 is 11.3 Å². The Hall–Kier alpha value is -8.01. The number of allylic oxidation sites excluding steroid dienone is 1. The molecule has 0 fully saturated rings. The summed E-state index contributed by atoms with van der Waals surface area (Å²) in [5, 5.41) is 17.6. The number of hydrogen-bond donors (Lipinski definition) is 2. The third-order valence-corrected chi connectivity index (χ3v) is 18.6. The number of alkyl halides is 5. The minimum absolute atomic E-state index is 0.00175. The molecular formula is C56H41F5N2O11S3. The van der Waals surface area contributed by atoms with E-state index in [4.69, 9.17) is 23.9 Å². The lowest BCUT2D eigenvalue weighted by Gasteiger charge is -2.33. The van der Waals surface area contributed by atoms with Crippen molar-refractivity contribution < 1.29 is 72.5 Å². The first kappa shape index (κ1) is 52.4. The van der Waals surface area contributed by atoms with E-state index in [0.29, 0.717) is 49.0 Å². The first-order valence-corrected chi connectivity index (χ1v) is 27.1. The number of aromatic carboxylic acids is 2. The molecule has 2 N–H and O–H groups in total. The van der Waals surface area contributed by atoms with E-state index in [-0.39, 0.29) is 74.5 Å². The highest BCUT2D eigenvalue weighted by molar-refractivity contribution is 7.92. The molecule has 1 aliphatic rings. The Morgan fingerprint density at radius 1 is 0.662 bits per heavy atom. The lowest BCUT2D eigenvalue weighted by Crippen LogP contribution is -2.47. The van der Waals surface area contributed by atoms with Gasteiger partial charge in [-0.1, -0.05) is 60.7 Å². The topological polar surface area (TPSA) is 200 Å². The van der Waals surface area contributed by atoms with Gasteiger partial charge in [0.15, 0.2) is 5.76 Å². The summed E-state index contributed by atoms with van der Waals surface area (Å²) in [6.45, 7) is 7.40. The van der Waals surface area contributed by atoms with Crippen LogP contribution in [0.15, 0.2) is 129 Å². The third-order valence-electron chi connectivity index (χ3n) is 13.8. The molecule has 21 heteroatoms. The van der Waals surface area contributed by atoms with Crippen molar-refractivity contribution in [3.63, 3.8) is 0 Å². The molecule has 9 aromatic rings. The van der Waals surface area contributed by atoms with Gasteiger partial charge in [-0.05, 0) is 129 Å². The first-order chi connectivity index (χ1) is 36.2. The number of carboxylic acids is 2. The molecule has 0 spiro atoms. The predicted molar refractivity (Wildman–Crippen MR) is 278 cm³/mol. The van der Waals surface area contributed by atoms with Gasteiger partial charge in [-0.2, -0.15) is 22.0 Å². The molecule has 0 radical (unpaired) electrons. The molecule has 10 rings (SSSR count). The standard InChI is InChI=1S/C56H41F5N2O11S3/c1-28-10-20-42(45-37(52(64)65)24-39(62-48(28)45)50-30(3)36-8-6-7-9-41(36)74-50)72-26-32-12-16-34(17-13-32)76(68,69)55(57,58)54(5)23-22-44-47(54)31(4)51(75-44)40-25-38(53(66)67)46-43(21-11-29(2)49(46)63-40)73-27-33-14-18-35(19-15-33)77(70,71)56(59,60)61/h6-25H,26-27H2,1-5H3,(H,64,65)(H,66,67). The summed E-state index contributed by atoms with van der Waals surface area (Å²) in [5.74, 6) is -2.05. The summed E-state index contributed by atoms with van der Waals surface area (Å²) < 4.78 is 144. The highest BCUT2D eigenvalue weighted by Gasteiger charge is 2.62. The van der Waals surface area contributed by atoms with E-state index >= 15 is 8.78 Å². The van der Waals surface area contributed by atoms with E-state index in [2.05, 4.69) is 0 Å². The van der Waals surface area contributed by atoms with Crippen LogP contribution < -0.4 is 9.47 Å². The average Bonchev–Trinajstić information content (AvgIpc) is 4.15. The summed E-state index contributed by atoms with van der Waals surface area (Å²) in [4.78, 5) is 34.2. The SMILES string of the molecule is Cc1c(-c2cc(C(=O)O)c3c(OCc4ccc(S(=O)(=O)C(F)(F)F)cc4)ccc(C)c3n2)sc2c1C(C)(C(F)(F)S(=O)(=O)c1ccc(COc3ccc(C)c4nc(-c5oc6ccccc6c5C)cc(C(=O)O)c34)cc1)C=C2. The molecule has 5 aromatic carbocycles. The predicted octanol–water partition coefficient (Wildman–Crippen LogP) is 13.4. The van der Waals surface area contributed by atoms with Crippen LogP contribution in [0.25, 0.3) is 60.9 Å². The third kappa shape index (κ3) is 8.56. The number of ether oxygens (including phenoxy) is 2. The Bertz CT molecular complexity index is 4230. The number of carboxylic acid groups (broad SMARTS) is 2. The van der Waals surface area contributed by atoms with Gasteiger partial charge in [-0.25, -0.2) is 36.4 Å². The van der Waals surface area contributed by atoms with Crippen LogP contribution in [-0.2, 0) is 38.3 Å². The summed E-state index contributed by atoms with van der Waals surface area (Å²) >= 11 is 1.02. The summed E-state index contributed by atoms with van der Waals surface area (Å²) in [6.07, 6.45) is 2.52. The Balaban J connectivity index is 0.906. The van der Waals surface area contributed by atoms with Gasteiger partial charge in [-0.15, -0.1) is 11.3 Å². The van der Waals surface area contributed by atoms with E-state index in [1.807, 2.05) is 25.1 Å². The molecule has 0 saturated carbocycles. The summed E-state index contributed by atoms with van der Waals surface area (Å²) in [6, 6.07) is 25.0. The number of benzene rings is 5. The highest BCUT2D eigenvalue weighted by Crippen LogP contribution is 2.56. The van der Waals surface area contributed by atoms with Crippen LogP contribution in [0.4, 0.5) is 22.0 Å². The zero-order valence-electron chi connectivity index (χ0n) is 41.0. The number of furan rings is 1. The lowest BCUT2D eigenvalue weighted by molar-refractivity contribution is -0.0436. The van der Waals surface area contributed by atoms with Crippen molar-refractivity contribution in [2.45, 2.75) is 73.8 Å². The second kappa shape index (κ2) is 18.6. The minimum atomic E-state index is -5.60. The van der Waals surface area contributed by atoms with Crippen LogP contribution in [-0.4, -0.2) is 59.7 Å². The maximum absolute atomic E-state index is 17.1. The number of pyridine rings is 2. The molecule has 1 unspecified atom stereocenters. The van der Waals surface area contributed by atoms with Gasteiger partial charge in [0.05, 0.1) is 58.7 Å². The number of halogens is 5. The van der Waals surface area contributed by atoms with E-state index in [1.54, 1.807) is 38.1 Å². The number of sulfone groups is 2. The molecular weight excluding hydrogens is 1070 g/mol. The zero-order valence-corrected chi connectivity index (χ0v) is 43.5. The molecule has 1 aliphatic carbocycles. The number of carbonyl (C=O) groups is 2. The highest BCUT2D eigenvalue weighted by atomic mass is 32.2. The van der Waals surface area contributed by atoms with Gasteiger partial charge in [-0.3, -0.25) is 0 Å². The van der Waals surface area contributed by atoms with Crippen molar-refractivity contribution in [3.8, 4) is 33.5 Å². The molecule has 394 valence electrons. The Kier molecular flexibility index (Phi) is 12.7. The molecule has 77 heavy (non-hydrogen) atoms. The van der Waals surface area contributed by atoms with Crippen LogP contribution in [0, 0.1) is 27.7 Å². The number of aromatic nitrogens is 2. The first-order valence-electron chi connectivity index (χ1n) is 23.3. The van der Waals surface area contributed by atoms with E-state index in [0.717, 1.165) is 71.7 Å². The van der Waals surface area contributed by atoms with Gasteiger partial charge in [0.1, 0.15) is 36.0 Å². The maximum Gasteiger partial charge on any atom is 0.501 e. The molecule has 0 bridgehead atoms. The van der Waals surface area contributed by atoms with Crippen molar-refractivity contribution in [3.05, 3.63) is 170 Å². The van der Waals surface area contributed by atoms with Gasteiger partial charge < -0.3 is 24.1 Å². The Labute approximate surface area is 439 Å². The largest absolute Gasteiger partial charge is 0.501 e. The number of hydrogen-bond acceptors (Lipinski definition) is 12. The fourth-order valence-electron chi connectivity index (χ4n) is 9.64. The molecule has 0 amide bonds. The molecule has 0 aliphatic heterocycles. The van der Waals surface area contributed by atoms with Gasteiger partial charge in [0.2, 0.25) is 9.84 Å². The summed E-state index contributed by atoms with van der Waals surface area (Å²) in [5.41, 5.74) is -4.00. The minimum Gasteiger partial charge on any atom is -0.488 e. The van der Waals surface area contributed by atoms with Gasteiger partial charge in [0, 0.05) is 15.8 Å². The number of aryl methyl sites for hydroxylation is 3. The van der Waals surface area contributed by atoms with Crippen molar-refractivity contribution in [1.29, 1.82) is 0 Å². The second-order valence-corrected chi connectivity index (χ2v) is 23.6. The van der Waals surface area contributed by atoms with Crippen molar-refractivity contribution in [2.24, 2.45) is 0 Å². The van der Waals surface area contributed by atoms with E-state index < -0.39 is 57.6 Å². The number of para-hydroxylation sites is 1. The van der Waals surface area contributed by atoms with Crippen molar-refractivity contribution in [2.75, 3.05) is 0 Å². The smallest absolute Gasteiger partial charge is 0.488 e. The maximum atomic E-state index is 17.1. The molecule has 4 aromatic heterocycles. The molecule has 1 atom stereocenters. The number of rotatable bonds is 14. The fourth-order valence-corrected chi connectivity index (χ4v) is 13.2. The van der Waals surface area contributed by atoms with Crippen LogP contribution in [0.1, 0.15) is 71.5 Å². The van der Waals surface area contributed by atoms with Crippen LogP contribution in [0.3, 0.4) is 0 Å². The normalized spacial score (nSPS) is 14.9. The number of nitrogens with zero attached hydrogens (tertiary/aromatic N) is 2. The second-order valence-electron chi connectivity index (χ2n) is 18.6. The molecule has 0 saturated heterocycles. The number of thiophene rings is 1. The van der Waals surface area contributed by atoms with Crippen LogP contribution in [0.2, 0.25) is 0 Å². The van der Waals surface area contributed by atoms with E-state index in [9.17, 15) is 49.8 Å². The molecule has 4 heterocycles. The van der Waals surface area contributed by atoms with Crippen LogP contribution in [0.5, 0.6) is 11.5 Å². The van der Waals surface area contributed by atoms with Gasteiger partial charge in [0.25, 0.3) is 9.84 Å². The summed E-state index contributed by atoms with van der Waals surface area (Å²) in [7, 11) is -11.0. The average molecular weight is 1110 g/mol.